The van der Waals surface area contributed by atoms with Gasteiger partial charge in [-0.15, -0.1) is 0 Å². The van der Waals surface area contributed by atoms with Crippen molar-refractivity contribution in [3.05, 3.63) is 40.0 Å². The lowest BCUT2D eigenvalue weighted by Crippen LogP contribution is -1.99. The number of esters is 1. The monoisotopic (exact) mass is 265 g/mol. The molecule has 0 bridgehead atoms. The van der Waals surface area contributed by atoms with Crippen LogP contribution in [0.2, 0.25) is 0 Å². The Labute approximate surface area is 95.6 Å². The molecular weight excluding hydrogens is 258 g/mol. The first kappa shape index (κ1) is 10.1. The molecule has 0 radical (unpaired) electrons. The summed E-state index contributed by atoms with van der Waals surface area (Å²) >= 11 is 3.39. The second kappa shape index (κ2) is 3.98. The maximum atomic E-state index is 11.3. The van der Waals surface area contributed by atoms with Crippen LogP contribution in [0.4, 0.5) is 0 Å². The van der Waals surface area contributed by atoms with Gasteiger partial charge in [-0.05, 0) is 17.7 Å². The molecule has 0 saturated carbocycles. The minimum Gasteiger partial charge on any atom is -0.407 e. The first-order valence-corrected chi connectivity index (χ1v) is 5.20. The molecule has 0 N–H and O–H groups in total. The van der Waals surface area contributed by atoms with Gasteiger partial charge in [-0.2, -0.15) is 0 Å². The first-order valence-electron chi connectivity index (χ1n) is 4.40. The number of nitrogens with zero attached hydrogens (tertiary/aromatic N) is 1. The highest BCUT2D eigenvalue weighted by molar-refractivity contribution is 9.10. The van der Waals surface area contributed by atoms with Gasteiger partial charge < -0.3 is 4.74 Å². The van der Waals surface area contributed by atoms with E-state index in [1.807, 2.05) is 24.3 Å². The molecule has 1 aromatic rings. The van der Waals surface area contributed by atoms with Crippen LogP contribution < -0.4 is 0 Å². The summed E-state index contributed by atoms with van der Waals surface area (Å²) in [6.07, 6.45) is 1.70. The summed E-state index contributed by atoms with van der Waals surface area (Å²) in [6.45, 7) is 1.65. The van der Waals surface area contributed by atoms with Crippen molar-refractivity contribution in [3.63, 3.8) is 0 Å². The average Bonchev–Trinajstić information content (AvgIpc) is 2.49. The number of hydrogen-bond acceptors (Lipinski definition) is 3. The highest BCUT2D eigenvalue weighted by atomic mass is 79.9. The Morgan fingerprint density at radius 3 is 2.73 bits per heavy atom. The fourth-order valence-electron chi connectivity index (χ4n) is 1.26. The summed E-state index contributed by atoms with van der Waals surface area (Å²) in [7, 11) is 0. The van der Waals surface area contributed by atoms with E-state index >= 15 is 0 Å². The van der Waals surface area contributed by atoms with Crippen LogP contribution in [0.5, 0.6) is 0 Å². The zero-order chi connectivity index (χ0) is 10.8. The SMILES string of the molecule is CC1=N/C(=C/c2ccccc2Br)C(=O)O1. The number of benzene rings is 1. The summed E-state index contributed by atoms with van der Waals surface area (Å²) in [4.78, 5) is 15.3. The van der Waals surface area contributed by atoms with Crippen LogP contribution in [0.15, 0.2) is 39.4 Å². The van der Waals surface area contributed by atoms with E-state index in [4.69, 9.17) is 4.74 Å². The number of aliphatic imine (C=N–C) groups is 1. The molecule has 0 amide bonds. The number of ether oxygens (including phenoxy) is 1. The van der Waals surface area contributed by atoms with Crippen molar-refractivity contribution in [1.29, 1.82) is 0 Å². The van der Waals surface area contributed by atoms with Gasteiger partial charge in [0.25, 0.3) is 0 Å². The lowest BCUT2D eigenvalue weighted by Gasteiger charge is -1.96. The van der Waals surface area contributed by atoms with E-state index in [0.29, 0.717) is 11.6 Å². The quantitative estimate of drug-likeness (QED) is 0.579. The number of carbonyl (C=O) groups is 1. The summed E-state index contributed by atoms with van der Waals surface area (Å²) in [5.41, 5.74) is 1.24. The Kier molecular flexibility index (Phi) is 2.68. The van der Waals surface area contributed by atoms with E-state index in [0.717, 1.165) is 10.0 Å². The van der Waals surface area contributed by atoms with E-state index in [9.17, 15) is 4.79 Å². The minimum absolute atomic E-state index is 0.333. The number of cyclic esters (lactones) is 1. The highest BCUT2D eigenvalue weighted by Gasteiger charge is 2.19. The van der Waals surface area contributed by atoms with E-state index in [1.165, 1.54) is 0 Å². The Hall–Kier alpha value is -1.42. The first-order chi connectivity index (χ1) is 7.16. The van der Waals surface area contributed by atoms with Crippen LogP contribution in [-0.2, 0) is 9.53 Å². The van der Waals surface area contributed by atoms with E-state index in [-0.39, 0.29) is 0 Å². The molecule has 0 fully saturated rings. The van der Waals surface area contributed by atoms with Gasteiger partial charge >= 0.3 is 5.97 Å². The van der Waals surface area contributed by atoms with Gasteiger partial charge in [-0.3, -0.25) is 0 Å². The topological polar surface area (TPSA) is 38.7 Å². The van der Waals surface area contributed by atoms with Crippen molar-refractivity contribution in [1.82, 2.24) is 0 Å². The molecule has 1 aromatic carbocycles. The third kappa shape index (κ3) is 2.15. The number of halogens is 1. The molecule has 0 spiro atoms. The molecule has 1 aliphatic heterocycles. The minimum atomic E-state index is -0.400. The van der Waals surface area contributed by atoms with Crippen molar-refractivity contribution in [2.45, 2.75) is 6.92 Å². The summed E-state index contributed by atoms with van der Waals surface area (Å²) in [6, 6.07) is 7.61. The fourth-order valence-corrected chi connectivity index (χ4v) is 1.65. The Morgan fingerprint density at radius 1 is 1.40 bits per heavy atom. The molecule has 1 heterocycles. The lowest BCUT2D eigenvalue weighted by molar-refractivity contribution is -0.130. The number of hydrogen-bond donors (Lipinski definition) is 0. The molecule has 15 heavy (non-hydrogen) atoms. The van der Waals surface area contributed by atoms with Crippen molar-refractivity contribution in [2.24, 2.45) is 4.99 Å². The van der Waals surface area contributed by atoms with Crippen LogP contribution in [0, 0.1) is 0 Å². The third-order valence-electron chi connectivity index (χ3n) is 1.92. The van der Waals surface area contributed by atoms with Gasteiger partial charge in [-0.1, -0.05) is 34.1 Å². The van der Waals surface area contributed by atoms with Crippen LogP contribution in [0.25, 0.3) is 6.08 Å². The molecule has 0 aliphatic carbocycles. The second-order valence-electron chi connectivity index (χ2n) is 3.07. The molecule has 2 rings (SSSR count). The zero-order valence-electron chi connectivity index (χ0n) is 8.03. The van der Waals surface area contributed by atoms with E-state index < -0.39 is 5.97 Å². The Morgan fingerprint density at radius 2 is 2.13 bits per heavy atom. The molecule has 0 aromatic heterocycles. The Balaban J connectivity index is 2.39. The average molecular weight is 266 g/mol. The van der Waals surface area contributed by atoms with Crippen molar-refractivity contribution in [3.8, 4) is 0 Å². The predicted octanol–water partition coefficient (Wildman–Crippen LogP) is 2.77. The van der Waals surface area contributed by atoms with Crippen LogP contribution >= 0.6 is 15.9 Å². The van der Waals surface area contributed by atoms with Crippen LogP contribution in [0.1, 0.15) is 12.5 Å². The zero-order valence-corrected chi connectivity index (χ0v) is 9.61. The molecular formula is C11H8BrNO2. The Bertz CT molecular complexity index is 477. The summed E-state index contributed by atoms with van der Waals surface area (Å²) < 4.78 is 5.73. The van der Waals surface area contributed by atoms with Gasteiger partial charge in [0, 0.05) is 11.4 Å². The molecule has 0 unspecified atom stereocenters. The van der Waals surface area contributed by atoms with Gasteiger partial charge in [0.1, 0.15) is 0 Å². The summed E-state index contributed by atoms with van der Waals surface area (Å²) in [5.74, 6) is -0.0124. The maximum Gasteiger partial charge on any atom is 0.363 e. The largest absolute Gasteiger partial charge is 0.407 e. The van der Waals surface area contributed by atoms with Gasteiger partial charge in [0.2, 0.25) is 0 Å². The van der Waals surface area contributed by atoms with E-state index in [1.54, 1.807) is 13.0 Å². The fraction of sp³-hybridized carbons (Fsp3) is 0.0909. The maximum absolute atomic E-state index is 11.3. The predicted molar refractivity (Wildman–Crippen MR) is 61.3 cm³/mol. The molecule has 76 valence electrons. The molecule has 3 nitrogen and oxygen atoms in total. The van der Waals surface area contributed by atoms with Gasteiger partial charge in [0.05, 0.1) is 0 Å². The van der Waals surface area contributed by atoms with Crippen molar-refractivity contribution < 1.29 is 9.53 Å². The molecule has 0 saturated heterocycles. The highest BCUT2D eigenvalue weighted by Crippen LogP contribution is 2.21. The van der Waals surface area contributed by atoms with Gasteiger partial charge in [0.15, 0.2) is 11.6 Å². The molecule has 4 heteroatoms. The summed E-state index contributed by atoms with van der Waals surface area (Å²) in [5, 5.41) is 0. The smallest absolute Gasteiger partial charge is 0.363 e. The van der Waals surface area contributed by atoms with Crippen LogP contribution in [0.3, 0.4) is 0 Å². The normalized spacial score (nSPS) is 17.9. The standard InChI is InChI=1S/C11H8BrNO2/c1-7-13-10(11(14)15-7)6-8-4-2-3-5-9(8)12/h2-6H,1H3/b10-6+. The van der Waals surface area contributed by atoms with Crippen LogP contribution in [-0.4, -0.2) is 11.9 Å². The second-order valence-corrected chi connectivity index (χ2v) is 3.93. The number of carbonyl (C=O) groups excluding carboxylic acids is 1. The lowest BCUT2D eigenvalue weighted by atomic mass is 10.2. The van der Waals surface area contributed by atoms with E-state index in [2.05, 4.69) is 20.9 Å². The van der Waals surface area contributed by atoms with Crippen molar-refractivity contribution >= 4 is 33.9 Å². The molecule has 1 aliphatic rings. The number of rotatable bonds is 1. The van der Waals surface area contributed by atoms with Crippen molar-refractivity contribution in [2.75, 3.05) is 0 Å². The van der Waals surface area contributed by atoms with Gasteiger partial charge in [-0.25, -0.2) is 9.79 Å². The molecule has 0 atom stereocenters. The third-order valence-corrected chi connectivity index (χ3v) is 2.65.